The fraction of sp³-hybridized carbons (Fsp3) is 0.368. The predicted octanol–water partition coefficient (Wildman–Crippen LogP) is 2.72. The summed E-state index contributed by atoms with van der Waals surface area (Å²) in [6.45, 7) is 5.37. The summed E-state index contributed by atoms with van der Waals surface area (Å²) in [4.78, 5) is 11.2. The maximum Gasteiger partial charge on any atom is 0.225 e. The predicted molar refractivity (Wildman–Crippen MR) is 101 cm³/mol. The fourth-order valence-corrected chi connectivity index (χ4v) is 3.07. The Hall–Kier alpha value is -2.71. The van der Waals surface area contributed by atoms with E-state index < -0.39 is 0 Å². The van der Waals surface area contributed by atoms with E-state index in [0.29, 0.717) is 35.8 Å². The van der Waals surface area contributed by atoms with Gasteiger partial charge in [0.25, 0.3) is 0 Å². The highest BCUT2D eigenvalue weighted by Gasteiger charge is 2.13. The number of benzene rings is 1. The van der Waals surface area contributed by atoms with E-state index in [1.165, 1.54) is 6.07 Å². The van der Waals surface area contributed by atoms with Crippen molar-refractivity contribution in [3.05, 3.63) is 48.2 Å². The molecule has 27 heavy (non-hydrogen) atoms. The van der Waals surface area contributed by atoms with Crippen molar-refractivity contribution in [3.8, 4) is 0 Å². The van der Waals surface area contributed by atoms with E-state index in [-0.39, 0.29) is 5.82 Å². The molecule has 3 aromatic rings. The zero-order valence-corrected chi connectivity index (χ0v) is 14.9. The zero-order chi connectivity index (χ0) is 18.5. The Morgan fingerprint density at radius 1 is 1.07 bits per heavy atom. The van der Waals surface area contributed by atoms with Crippen molar-refractivity contribution in [2.75, 3.05) is 50.0 Å². The van der Waals surface area contributed by atoms with E-state index in [9.17, 15) is 4.39 Å². The fourth-order valence-electron chi connectivity index (χ4n) is 3.07. The van der Waals surface area contributed by atoms with Gasteiger partial charge in [0, 0.05) is 31.6 Å². The summed E-state index contributed by atoms with van der Waals surface area (Å²) >= 11 is 0. The van der Waals surface area contributed by atoms with Crippen LogP contribution in [0.25, 0.3) is 10.9 Å². The minimum atomic E-state index is -0.368. The standard InChI is InChI=1S/C19H22FN5O2/c20-16-5-1-4-15-17(16)23-19(21-6-7-25-8-11-26-12-9-25)24-18(15)22-13-14-3-2-10-27-14/h1-5,10H,6-9,11-13H2,(H2,21,22,23,24). The minimum Gasteiger partial charge on any atom is -0.467 e. The number of nitrogens with one attached hydrogen (secondary N) is 2. The van der Waals surface area contributed by atoms with E-state index in [1.54, 1.807) is 18.4 Å². The molecule has 0 saturated carbocycles. The third-order valence-electron chi connectivity index (χ3n) is 4.50. The van der Waals surface area contributed by atoms with Gasteiger partial charge in [-0.15, -0.1) is 0 Å². The molecule has 3 heterocycles. The number of morpholine rings is 1. The second-order valence-electron chi connectivity index (χ2n) is 6.35. The Labute approximate surface area is 156 Å². The summed E-state index contributed by atoms with van der Waals surface area (Å²) in [7, 11) is 0. The molecule has 0 amide bonds. The summed E-state index contributed by atoms with van der Waals surface area (Å²) < 4.78 is 25.0. The summed E-state index contributed by atoms with van der Waals surface area (Å²) in [6, 6.07) is 8.57. The van der Waals surface area contributed by atoms with Gasteiger partial charge >= 0.3 is 0 Å². The van der Waals surface area contributed by atoms with Crippen molar-refractivity contribution in [2.45, 2.75) is 6.54 Å². The van der Waals surface area contributed by atoms with Crippen molar-refractivity contribution in [1.29, 1.82) is 0 Å². The number of ether oxygens (including phenoxy) is 1. The highest BCUT2D eigenvalue weighted by atomic mass is 19.1. The van der Waals surface area contributed by atoms with Crippen LogP contribution in [-0.4, -0.2) is 54.3 Å². The SMILES string of the molecule is Fc1cccc2c(NCc3ccco3)nc(NCCN3CCOCC3)nc12. The first-order valence-electron chi connectivity index (χ1n) is 9.06. The van der Waals surface area contributed by atoms with E-state index in [1.807, 2.05) is 12.1 Å². The maximum atomic E-state index is 14.3. The van der Waals surface area contributed by atoms with Gasteiger partial charge in [-0.25, -0.2) is 9.37 Å². The molecule has 1 fully saturated rings. The van der Waals surface area contributed by atoms with Crippen LogP contribution in [0.2, 0.25) is 0 Å². The Bertz CT molecular complexity index is 881. The lowest BCUT2D eigenvalue weighted by molar-refractivity contribution is 0.0398. The van der Waals surface area contributed by atoms with Crippen LogP contribution in [0.15, 0.2) is 41.0 Å². The van der Waals surface area contributed by atoms with Gasteiger partial charge < -0.3 is 19.8 Å². The van der Waals surface area contributed by atoms with Gasteiger partial charge in [0.15, 0.2) is 0 Å². The van der Waals surface area contributed by atoms with Crippen LogP contribution in [0.3, 0.4) is 0 Å². The summed E-state index contributed by atoms with van der Waals surface area (Å²) in [5, 5.41) is 7.07. The summed E-state index contributed by atoms with van der Waals surface area (Å²) in [5.41, 5.74) is 0.295. The molecule has 0 unspecified atom stereocenters. The van der Waals surface area contributed by atoms with Crippen LogP contribution in [0.5, 0.6) is 0 Å². The second kappa shape index (κ2) is 8.32. The Morgan fingerprint density at radius 2 is 1.96 bits per heavy atom. The Balaban J connectivity index is 1.50. The average Bonchev–Trinajstić information content (AvgIpc) is 3.21. The smallest absolute Gasteiger partial charge is 0.225 e. The second-order valence-corrected chi connectivity index (χ2v) is 6.35. The quantitative estimate of drug-likeness (QED) is 0.661. The Kier molecular flexibility index (Phi) is 5.45. The molecule has 0 radical (unpaired) electrons. The van der Waals surface area contributed by atoms with Gasteiger partial charge in [-0.3, -0.25) is 4.90 Å². The molecular formula is C19H22FN5O2. The van der Waals surface area contributed by atoms with Gasteiger partial charge in [0.2, 0.25) is 5.95 Å². The molecule has 0 bridgehead atoms. The maximum absolute atomic E-state index is 14.3. The number of fused-ring (bicyclic) bond motifs is 1. The van der Waals surface area contributed by atoms with Crippen LogP contribution in [-0.2, 0) is 11.3 Å². The number of aromatic nitrogens is 2. The van der Waals surface area contributed by atoms with E-state index in [0.717, 1.165) is 38.6 Å². The third-order valence-corrected chi connectivity index (χ3v) is 4.50. The molecule has 0 atom stereocenters. The Morgan fingerprint density at radius 3 is 2.78 bits per heavy atom. The molecule has 8 heteroatoms. The number of rotatable bonds is 7. The molecule has 1 aliphatic rings. The van der Waals surface area contributed by atoms with Crippen molar-refractivity contribution in [2.24, 2.45) is 0 Å². The highest BCUT2D eigenvalue weighted by Crippen LogP contribution is 2.24. The zero-order valence-electron chi connectivity index (χ0n) is 14.9. The number of hydrogen-bond acceptors (Lipinski definition) is 7. The van der Waals surface area contributed by atoms with E-state index >= 15 is 0 Å². The molecule has 7 nitrogen and oxygen atoms in total. The molecule has 1 aliphatic heterocycles. The lowest BCUT2D eigenvalue weighted by atomic mass is 10.2. The minimum absolute atomic E-state index is 0.295. The molecule has 1 aromatic carbocycles. The van der Waals surface area contributed by atoms with Gasteiger partial charge in [-0.05, 0) is 24.3 Å². The molecular weight excluding hydrogens is 349 g/mol. The van der Waals surface area contributed by atoms with Crippen LogP contribution < -0.4 is 10.6 Å². The molecule has 2 aromatic heterocycles. The van der Waals surface area contributed by atoms with Crippen LogP contribution >= 0.6 is 0 Å². The lowest BCUT2D eigenvalue weighted by Crippen LogP contribution is -2.39. The number of hydrogen-bond donors (Lipinski definition) is 2. The molecule has 1 saturated heterocycles. The topological polar surface area (TPSA) is 75.5 Å². The van der Waals surface area contributed by atoms with E-state index in [2.05, 4.69) is 25.5 Å². The van der Waals surface area contributed by atoms with Crippen LogP contribution in [0.4, 0.5) is 16.2 Å². The monoisotopic (exact) mass is 371 g/mol. The first-order valence-corrected chi connectivity index (χ1v) is 9.06. The average molecular weight is 371 g/mol. The normalized spacial score (nSPS) is 15.1. The van der Waals surface area contributed by atoms with Crippen molar-refractivity contribution < 1.29 is 13.5 Å². The van der Waals surface area contributed by atoms with Gasteiger partial charge in [-0.2, -0.15) is 4.98 Å². The first kappa shape index (κ1) is 17.7. The molecule has 2 N–H and O–H groups in total. The number of furan rings is 1. The van der Waals surface area contributed by atoms with Gasteiger partial charge in [0.1, 0.15) is 22.9 Å². The van der Waals surface area contributed by atoms with Crippen LogP contribution in [0, 0.1) is 5.82 Å². The van der Waals surface area contributed by atoms with Crippen molar-refractivity contribution in [1.82, 2.24) is 14.9 Å². The largest absolute Gasteiger partial charge is 0.467 e. The summed E-state index contributed by atoms with van der Waals surface area (Å²) in [6.07, 6.45) is 1.62. The van der Waals surface area contributed by atoms with Crippen molar-refractivity contribution >= 4 is 22.7 Å². The molecule has 142 valence electrons. The van der Waals surface area contributed by atoms with Gasteiger partial charge in [0.05, 0.1) is 26.0 Å². The highest BCUT2D eigenvalue weighted by molar-refractivity contribution is 5.90. The number of nitrogens with zero attached hydrogens (tertiary/aromatic N) is 3. The molecule has 0 spiro atoms. The van der Waals surface area contributed by atoms with E-state index in [4.69, 9.17) is 9.15 Å². The number of halogens is 1. The lowest BCUT2D eigenvalue weighted by Gasteiger charge is -2.26. The molecule has 4 rings (SSSR count). The molecule has 0 aliphatic carbocycles. The van der Waals surface area contributed by atoms with Crippen LogP contribution in [0.1, 0.15) is 5.76 Å². The first-order chi connectivity index (χ1) is 13.3. The number of anilines is 2. The third kappa shape index (κ3) is 4.35. The number of para-hydroxylation sites is 1. The summed E-state index contributed by atoms with van der Waals surface area (Å²) in [5.74, 6) is 1.39. The van der Waals surface area contributed by atoms with Crippen molar-refractivity contribution in [3.63, 3.8) is 0 Å². The van der Waals surface area contributed by atoms with Gasteiger partial charge in [-0.1, -0.05) is 6.07 Å².